The van der Waals surface area contributed by atoms with E-state index in [9.17, 15) is 4.39 Å². The van der Waals surface area contributed by atoms with Gasteiger partial charge in [0.25, 0.3) is 0 Å². The maximum atomic E-state index is 12.9. The minimum atomic E-state index is -0.258. The molecule has 96 valence electrons. The van der Waals surface area contributed by atoms with Gasteiger partial charge >= 0.3 is 0 Å². The van der Waals surface area contributed by atoms with Crippen LogP contribution in [0.2, 0.25) is 0 Å². The van der Waals surface area contributed by atoms with Crippen LogP contribution in [0.1, 0.15) is 11.4 Å². The summed E-state index contributed by atoms with van der Waals surface area (Å²) in [5, 5.41) is 8.06. The Labute approximate surface area is 113 Å². The Hall–Kier alpha value is -2.15. The van der Waals surface area contributed by atoms with Crippen molar-refractivity contribution < 1.29 is 4.39 Å². The summed E-state index contributed by atoms with van der Waals surface area (Å²) in [4.78, 5) is 7.22. The third kappa shape index (κ3) is 2.24. The van der Waals surface area contributed by atoms with Gasteiger partial charge in [-0.2, -0.15) is 0 Å². The van der Waals surface area contributed by atoms with E-state index in [2.05, 4.69) is 20.3 Å². The number of benzene rings is 1. The zero-order chi connectivity index (χ0) is 13.4. The van der Waals surface area contributed by atoms with Crippen molar-refractivity contribution in [1.82, 2.24) is 25.0 Å². The van der Waals surface area contributed by atoms with Crippen LogP contribution >= 0.6 is 12.2 Å². The fourth-order valence-corrected chi connectivity index (χ4v) is 2.13. The molecule has 0 aliphatic carbocycles. The van der Waals surface area contributed by atoms with E-state index in [4.69, 9.17) is 12.2 Å². The topological polar surface area (TPSA) is 59.4 Å². The van der Waals surface area contributed by atoms with Gasteiger partial charge in [-0.1, -0.05) is 29.6 Å². The van der Waals surface area contributed by atoms with Crippen LogP contribution in [0.25, 0.3) is 11.2 Å². The maximum Gasteiger partial charge on any atom is 0.166 e. The number of hydrogen-bond acceptors (Lipinski definition) is 4. The first-order valence-electron chi connectivity index (χ1n) is 5.68. The first kappa shape index (κ1) is 11.9. The molecule has 0 aliphatic rings. The fraction of sp³-hybridized carbons (Fsp3) is 0.167. The molecule has 0 unspecified atom stereocenters. The number of nitrogens with zero attached hydrogens (tertiary/aromatic N) is 4. The van der Waals surface area contributed by atoms with Crippen LogP contribution in [0.3, 0.4) is 0 Å². The van der Waals surface area contributed by atoms with Crippen LogP contribution in [0.15, 0.2) is 24.3 Å². The van der Waals surface area contributed by atoms with Gasteiger partial charge in [-0.15, -0.1) is 5.10 Å². The summed E-state index contributed by atoms with van der Waals surface area (Å²) in [5.74, 6) is 0.451. The second-order valence-corrected chi connectivity index (χ2v) is 4.58. The Kier molecular flexibility index (Phi) is 2.83. The summed E-state index contributed by atoms with van der Waals surface area (Å²) < 4.78 is 15.0. The van der Waals surface area contributed by atoms with E-state index in [1.165, 1.54) is 12.1 Å². The predicted octanol–water partition coefficient (Wildman–Crippen LogP) is 2.38. The number of rotatable bonds is 2. The van der Waals surface area contributed by atoms with Gasteiger partial charge in [-0.3, -0.25) is 0 Å². The molecule has 0 radical (unpaired) electrons. The summed E-state index contributed by atoms with van der Waals surface area (Å²) in [5.41, 5.74) is 2.23. The first-order chi connectivity index (χ1) is 9.13. The van der Waals surface area contributed by atoms with Gasteiger partial charge in [0, 0.05) is 0 Å². The first-order valence-corrected chi connectivity index (χ1v) is 6.09. The van der Waals surface area contributed by atoms with Crippen LogP contribution in [-0.4, -0.2) is 25.0 Å². The van der Waals surface area contributed by atoms with E-state index in [-0.39, 0.29) is 5.82 Å². The van der Waals surface area contributed by atoms with E-state index in [1.54, 1.807) is 16.8 Å². The minimum absolute atomic E-state index is 0.258. The van der Waals surface area contributed by atoms with E-state index < -0.39 is 0 Å². The Balaban J connectivity index is 2.06. The molecule has 0 saturated carbocycles. The third-order valence-electron chi connectivity index (χ3n) is 2.75. The summed E-state index contributed by atoms with van der Waals surface area (Å²) in [6, 6.07) is 6.27. The van der Waals surface area contributed by atoms with Crippen molar-refractivity contribution in [3.05, 3.63) is 46.1 Å². The molecule has 3 aromatic rings. The van der Waals surface area contributed by atoms with E-state index >= 15 is 0 Å². The lowest BCUT2D eigenvalue weighted by Gasteiger charge is -2.03. The SMILES string of the molecule is Cc1nc(=S)c2nnn(Cc3ccc(F)cc3)c2[nH]1. The molecule has 3 rings (SSSR count). The lowest BCUT2D eigenvalue weighted by atomic mass is 10.2. The number of halogens is 1. The summed E-state index contributed by atoms with van der Waals surface area (Å²) in [6.45, 7) is 2.32. The van der Waals surface area contributed by atoms with Crippen molar-refractivity contribution >= 4 is 23.4 Å². The smallest absolute Gasteiger partial charge is 0.166 e. The Morgan fingerprint density at radius 3 is 2.79 bits per heavy atom. The number of aryl methyl sites for hydroxylation is 1. The van der Waals surface area contributed by atoms with Crippen LogP contribution in [-0.2, 0) is 6.54 Å². The molecule has 19 heavy (non-hydrogen) atoms. The largest absolute Gasteiger partial charge is 0.327 e. The monoisotopic (exact) mass is 275 g/mol. The minimum Gasteiger partial charge on any atom is -0.327 e. The molecule has 0 amide bonds. The van der Waals surface area contributed by atoms with Crippen LogP contribution in [0, 0.1) is 17.4 Å². The molecule has 1 aromatic carbocycles. The standard InChI is InChI=1S/C12H10FN5S/c1-7-14-11-10(12(19)15-7)16-17-18(11)6-8-2-4-9(13)5-3-8/h2-5H,6H2,1H3,(H,14,15,19). The highest BCUT2D eigenvalue weighted by atomic mass is 32.1. The summed E-state index contributed by atoms with van der Waals surface area (Å²) in [7, 11) is 0. The fourth-order valence-electron chi connectivity index (χ4n) is 1.86. The lowest BCUT2D eigenvalue weighted by molar-refractivity contribution is 0.623. The van der Waals surface area contributed by atoms with Gasteiger partial charge < -0.3 is 4.98 Å². The van der Waals surface area contributed by atoms with Gasteiger partial charge in [-0.25, -0.2) is 14.1 Å². The molecule has 0 atom stereocenters. The summed E-state index contributed by atoms with van der Waals surface area (Å²) >= 11 is 5.14. The highest BCUT2D eigenvalue weighted by molar-refractivity contribution is 7.71. The Morgan fingerprint density at radius 2 is 2.05 bits per heavy atom. The lowest BCUT2D eigenvalue weighted by Crippen LogP contribution is -2.03. The van der Waals surface area contributed by atoms with Crippen LogP contribution in [0.5, 0.6) is 0 Å². The number of aromatic amines is 1. The second kappa shape index (κ2) is 4.51. The quantitative estimate of drug-likeness (QED) is 0.729. The van der Waals surface area contributed by atoms with Crippen molar-refractivity contribution in [3.63, 3.8) is 0 Å². The van der Waals surface area contributed by atoms with Crippen molar-refractivity contribution in [3.8, 4) is 0 Å². The molecule has 1 N–H and O–H groups in total. The molecule has 7 heteroatoms. The van der Waals surface area contributed by atoms with Gasteiger partial charge in [0.1, 0.15) is 11.6 Å². The molecule has 0 fully saturated rings. The molecule has 0 saturated heterocycles. The average molecular weight is 275 g/mol. The average Bonchev–Trinajstić information content (AvgIpc) is 2.76. The van der Waals surface area contributed by atoms with Gasteiger partial charge in [0.2, 0.25) is 0 Å². The normalized spacial score (nSPS) is 11.1. The molecular weight excluding hydrogens is 265 g/mol. The number of nitrogens with one attached hydrogen (secondary N) is 1. The van der Waals surface area contributed by atoms with E-state index in [0.29, 0.717) is 22.5 Å². The van der Waals surface area contributed by atoms with Gasteiger partial charge in [-0.05, 0) is 24.6 Å². The third-order valence-corrected chi connectivity index (χ3v) is 3.04. The zero-order valence-corrected chi connectivity index (χ0v) is 10.9. The van der Waals surface area contributed by atoms with Gasteiger partial charge in [0.05, 0.1) is 6.54 Å². The molecule has 5 nitrogen and oxygen atoms in total. The van der Waals surface area contributed by atoms with Crippen molar-refractivity contribution in [2.24, 2.45) is 0 Å². The van der Waals surface area contributed by atoms with Crippen LogP contribution < -0.4 is 0 Å². The maximum absolute atomic E-state index is 12.9. The Morgan fingerprint density at radius 1 is 1.32 bits per heavy atom. The summed E-state index contributed by atoms with van der Waals surface area (Å²) in [6.07, 6.45) is 0. The van der Waals surface area contributed by atoms with Crippen molar-refractivity contribution in [2.75, 3.05) is 0 Å². The molecular formula is C12H10FN5S. The number of aromatic nitrogens is 5. The second-order valence-electron chi connectivity index (χ2n) is 4.20. The number of fused-ring (bicyclic) bond motifs is 1. The van der Waals surface area contributed by atoms with Crippen molar-refractivity contribution in [2.45, 2.75) is 13.5 Å². The highest BCUT2D eigenvalue weighted by Gasteiger charge is 2.08. The van der Waals surface area contributed by atoms with Crippen molar-refractivity contribution in [1.29, 1.82) is 0 Å². The molecule has 0 aliphatic heterocycles. The number of H-pyrrole nitrogens is 1. The molecule has 0 spiro atoms. The molecule has 2 heterocycles. The molecule has 2 aromatic heterocycles. The van der Waals surface area contributed by atoms with Gasteiger partial charge in [0.15, 0.2) is 15.8 Å². The number of hydrogen-bond donors (Lipinski definition) is 1. The zero-order valence-electron chi connectivity index (χ0n) is 10.1. The Bertz CT molecular complexity index is 790. The van der Waals surface area contributed by atoms with E-state index in [0.717, 1.165) is 11.2 Å². The van der Waals surface area contributed by atoms with Crippen LogP contribution in [0.4, 0.5) is 4.39 Å². The predicted molar refractivity (Wildman–Crippen MR) is 70.7 cm³/mol. The highest BCUT2D eigenvalue weighted by Crippen LogP contribution is 2.12. The molecule has 0 bridgehead atoms. The van der Waals surface area contributed by atoms with E-state index in [1.807, 2.05) is 6.92 Å².